The van der Waals surface area contributed by atoms with Gasteiger partial charge in [-0.15, -0.1) is 0 Å². The zero-order chi connectivity index (χ0) is 15.4. The number of rotatable bonds is 4. The van der Waals surface area contributed by atoms with E-state index in [4.69, 9.17) is 0 Å². The van der Waals surface area contributed by atoms with Gasteiger partial charge in [0.2, 0.25) is 0 Å². The third kappa shape index (κ3) is 3.23. The van der Waals surface area contributed by atoms with Gasteiger partial charge in [0.25, 0.3) is 5.91 Å². The standard InChI is InChI=1S/C16H19N5O/c1-12-8-14(2-3-15(12)21-11-18-10-20-21)16(22)19-9-13-4-6-17-7-5-13/h2-4,8,10-11,17H,5-7,9H2,1H3,(H,19,22). The van der Waals surface area contributed by atoms with Crippen LogP contribution < -0.4 is 10.6 Å². The molecule has 0 saturated carbocycles. The molecule has 0 atom stereocenters. The van der Waals surface area contributed by atoms with Crippen molar-refractivity contribution in [1.82, 2.24) is 25.4 Å². The van der Waals surface area contributed by atoms with E-state index in [1.54, 1.807) is 11.0 Å². The summed E-state index contributed by atoms with van der Waals surface area (Å²) in [6, 6.07) is 5.59. The van der Waals surface area contributed by atoms with Crippen LogP contribution in [0.4, 0.5) is 0 Å². The van der Waals surface area contributed by atoms with Crippen LogP contribution in [0.5, 0.6) is 0 Å². The Morgan fingerprint density at radius 1 is 1.45 bits per heavy atom. The number of carbonyl (C=O) groups is 1. The zero-order valence-electron chi connectivity index (χ0n) is 12.5. The fraction of sp³-hybridized carbons (Fsp3) is 0.312. The maximum Gasteiger partial charge on any atom is 0.251 e. The Morgan fingerprint density at radius 3 is 3.05 bits per heavy atom. The van der Waals surface area contributed by atoms with Crippen LogP contribution in [0.15, 0.2) is 42.5 Å². The summed E-state index contributed by atoms with van der Waals surface area (Å²) in [7, 11) is 0. The van der Waals surface area contributed by atoms with Gasteiger partial charge in [0.1, 0.15) is 12.7 Å². The summed E-state index contributed by atoms with van der Waals surface area (Å²) in [5.41, 5.74) is 3.85. The lowest BCUT2D eigenvalue weighted by atomic mass is 10.1. The van der Waals surface area contributed by atoms with Gasteiger partial charge in [0, 0.05) is 18.7 Å². The number of carbonyl (C=O) groups excluding carboxylic acids is 1. The van der Waals surface area contributed by atoms with Crippen molar-refractivity contribution in [3.8, 4) is 5.69 Å². The highest BCUT2D eigenvalue weighted by atomic mass is 16.1. The molecular formula is C16H19N5O. The lowest BCUT2D eigenvalue weighted by molar-refractivity contribution is 0.0956. The van der Waals surface area contributed by atoms with Crippen molar-refractivity contribution in [2.45, 2.75) is 13.3 Å². The molecule has 0 bridgehead atoms. The maximum atomic E-state index is 12.2. The molecule has 1 aliphatic heterocycles. The van der Waals surface area contributed by atoms with Gasteiger partial charge in [0.05, 0.1) is 5.69 Å². The summed E-state index contributed by atoms with van der Waals surface area (Å²) in [5, 5.41) is 10.3. The van der Waals surface area contributed by atoms with Crippen molar-refractivity contribution < 1.29 is 4.79 Å². The molecule has 0 radical (unpaired) electrons. The molecule has 2 heterocycles. The Labute approximate surface area is 129 Å². The van der Waals surface area contributed by atoms with Gasteiger partial charge in [-0.25, -0.2) is 9.67 Å². The second-order valence-corrected chi connectivity index (χ2v) is 5.34. The topological polar surface area (TPSA) is 71.8 Å². The average molecular weight is 297 g/mol. The molecule has 2 N–H and O–H groups in total. The first-order valence-electron chi connectivity index (χ1n) is 7.36. The van der Waals surface area contributed by atoms with Crippen LogP contribution in [0, 0.1) is 6.92 Å². The van der Waals surface area contributed by atoms with Gasteiger partial charge in [-0.1, -0.05) is 11.6 Å². The van der Waals surface area contributed by atoms with E-state index in [1.165, 1.54) is 11.9 Å². The molecule has 0 aliphatic carbocycles. The predicted molar refractivity (Wildman–Crippen MR) is 84.0 cm³/mol. The number of aromatic nitrogens is 3. The van der Waals surface area contributed by atoms with Crippen LogP contribution in [0.1, 0.15) is 22.3 Å². The van der Waals surface area contributed by atoms with Crippen LogP contribution in [0.3, 0.4) is 0 Å². The SMILES string of the molecule is Cc1cc(C(=O)NCC2=CCNCC2)ccc1-n1cncn1. The summed E-state index contributed by atoms with van der Waals surface area (Å²) in [4.78, 5) is 16.2. The zero-order valence-corrected chi connectivity index (χ0v) is 12.5. The van der Waals surface area contributed by atoms with Crippen LogP contribution in [0.2, 0.25) is 0 Å². The first-order valence-corrected chi connectivity index (χ1v) is 7.36. The maximum absolute atomic E-state index is 12.2. The normalized spacial score (nSPS) is 14.5. The van der Waals surface area contributed by atoms with Crippen molar-refractivity contribution in [2.75, 3.05) is 19.6 Å². The minimum atomic E-state index is -0.0485. The molecule has 2 aromatic rings. The summed E-state index contributed by atoms with van der Waals surface area (Å²) < 4.78 is 1.69. The van der Waals surface area contributed by atoms with Crippen LogP contribution >= 0.6 is 0 Å². The van der Waals surface area contributed by atoms with E-state index in [1.807, 2.05) is 25.1 Å². The van der Waals surface area contributed by atoms with E-state index >= 15 is 0 Å². The number of benzene rings is 1. The third-order valence-corrected chi connectivity index (χ3v) is 3.76. The van der Waals surface area contributed by atoms with Gasteiger partial charge < -0.3 is 10.6 Å². The van der Waals surface area contributed by atoms with Gasteiger partial charge in [-0.2, -0.15) is 5.10 Å². The van der Waals surface area contributed by atoms with Crippen molar-refractivity contribution in [2.24, 2.45) is 0 Å². The van der Waals surface area contributed by atoms with Crippen molar-refractivity contribution in [3.63, 3.8) is 0 Å². The fourth-order valence-electron chi connectivity index (χ4n) is 2.51. The van der Waals surface area contributed by atoms with Crippen LogP contribution in [-0.4, -0.2) is 40.3 Å². The Balaban J connectivity index is 1.68. The molecular weight excluding hydrogens is 278 g/mol. The fourth-order valence-corrected chi connectivity index (χ4v) is 2.51. The highest BCUT2D eigenvalue weighted by Crippen LogP contribution is 2.14. The molecule has 0 fully saturated rings. The van der Waals surface area contributed by atoms with Crippen molar-refractivity contribution >= 4 is 5.91 Å². The second-order valence-electron chi connectivity index (χ2n) is 5.34. The second kappa shape index (κ2) is 6.53. The molecule has 3 rings (SSSR count). The Morgan fingerprint density at radius 2 is 2.36 bits per heavy atom. The molecule has 0 unspecified atom stereocenters. The van der Waals surface area contributed by atoms with Gasteiger partial charge in [-0.05, 0) is 43.7 Å². The number of aryl methyl sites for hydroxylation is 1. The molecule has 1 aliphatic rings. The van der Waals surface area contributed by atoms with E-state index in [2.05, 4.69) is 26.8 Å². The molecule has 0 saturated heterocycles. The highest BCUT2D eigenvalue weighted by Gasteiger charge is 2.10. The van der Waals surface area contributed by atoms with Gasteiger partial charge >= 0.3 is 0 Å². The molecule has 1 aromatic carbocycles. The number of hydrogen-bond acceptors (Lipinski definition) is 4. The first kappa shape index (κ1) is 14.5. The summed E-state index contributed by atoms with van der Waals surface area (Å²) in [6.45, 7) is 4.44. The highest BCUT2D eigenvalue weighted by molar-refractivity contribution is 5.94. The minimum absolute atomic E-state index is 0.0485. The Hall–Kier alpha value is -2.47. The Bertz CT molecular complexity index is 691. The first-order chi connectivity index (χ1) is 10.7. The number of nitrogens with zero attached hydrogens (tertiary/aromatic N) is 3. The smallest absolute Gasteiger partial charge is 0.251 e. The number of hydrogen-bond donors (Lipinski definition) is 2. The molecule has 114 valence electrons. The van der Waals surface area contributed by atoms with Crippen molar-refractivity contribution in [3.05, 3.63) is 53.6 Å². The monoisotopic (exact) mass is 297 g/mol. The largest absolute Gasteiger partial charge is 0.348 e. The van der Waals surface area contributed by atoms with Crippen LogP contribution in [0.25, 0.3) is 5.69 Å². The number of amides is 1. The van der Waals surface area contributed by atoms with E-state index in [0.29, 0.717) is 12.1 Å². The molecule has 6 nitrogen and oxygen atoms in total. The summed E-state index contributed by atoms with van der Waals surface area (Å²) in [5.74, 6) is -0.0485. The molecule has 0 spiro atoms. The van der Waals surface area contributed by atoms with E-state index in [-0.39, 0.29) is 5.91 Å². The molecule has 1 aromatic heterocycles. The minimum Gasteiger partial charge on any atom is -0.348 e. The van der Waals surface area contributed by atoms with E-state index in [0.717, 1.165) is 30.8 Å². The number of nitrogens with one attached hydrogen (secondary N) is 2. The van der Waals surface area contributed by atoms with E-state index < -0.39 is 0 Å². The summed E-state index contributed by atoms with van der Waals surface area (Å²) >= 11 is 0. The van der Waals surface area contributed by atoms with Gasteiger partial charge in [-0.3, -0.25) is 4.79 Å². The molecule has 6 heteroatoms. The quantitative estimate of drug-likeness (QED) is 0.833. The lowest BCUT2D eigenvalue weighted by Gasteiger charge is -2.15. The van der Waals surface area contributed by atoms with Gasteiger partial charge in [0.15, 0.2) is 0 Å². The van der Waals surface area contributed by atoms with Crippen LogP contribution in [-0.2, 0) is 0 Å². The van der Waals surface area contributed by atoms with Crippen molar-refractivity contribution in [1.29, 1.82) is 0 Å². The Kier molecular flexibility index (Phi) is 4.29. The third-order valence-electron chi connectivity index (χ3n) is 3.76. The summed E-state index contributed by atoms with van der Waals surface area (Å²) in [6.07, 6.45) is 6.27. The lowest BCUT2D eigenvalue weighted by Crippen LogP contribution is -2.29. The average Bonchev–Trinajstić information content (AvgIpc) is 3.07. The molecule has 22 heavy (non-hydrogen) atoms. The predicted octanol–water partition coefficient (Wildman–Crippen LogP) is 1.23. The van der Waals surface area contributed by atoms with E-state index in [9.17, 15) is 4.79 Å². The molecule has 1 amide bonds.